The van der Waals surface area contributed by atoms with Gasteiger partial charge in [-0.25, -0.2) is 0 Å². The largest absolute Gasteiger partial charge is 0.398 e. The van der Waals surface area contributed by atoms with E-state index in [0.29, 0.717) is 16.3 Å². The molecule has 0 aliphatic rings. The summed E-state index contributed by atoms with van der Waals surface area (Å²) in [6, 6.07) is 3.94. The molecule has 0 spiro atoms. The lowest BCUT2D eigenvalue weighted by molar-refractivity contribution is -0.122. The van der Waals surface area contributed by atoms with Crippen molar-refractivity contribution in [1.29, 1.82) is 0 Å². The monoisotopic (exact) mass is 255 g/mol. The van der Waals surface area contributed by atoms with E-state index < -0.39 is 6.04 Å². The van der Waals surface area contributed by atoms with Crippen molar-refractivity contribution in [2.45, 2.75) is 13.0 Å². The van der Waals surface area contributed by atoms with Gasteiger partial charge in [0.05, 0.1) is 10.7 Å². The summed E-state index contributed by atoms with van der Waals surface area (Å²) in [6.45, 7) is 1.59. The van der Waals surface area contributed by atoms with Crippen LogP contribution in [0.2, 0.25) is 5.02 Å². The molecule has 4 N–H and O–H groups in total. The Morgan fingerprint density at radius 2 is 2.06 bits per heavy atom. The SMILES string of the molecule is CNC(=O)C(C)NC(=O)c1ccc(Cl)c(N)c1. The molecule has 0 saturated carbocycles. The molecule has 17 heavy (non-hydrogen) atoms. The van der Waals surface area contributed by atoms with Crippen LogP contribution in [0.15, 0.2) is 18.2 Å². The minimum atomic E-state index is -0.607. The van der Waals surface area contributed by atoms with Gasteiger partial charge in [0.1, 0.15) is 6.04 Å². The molecule has 0 fully saturated rings. The number of likely N-dealkylation sites (N-methyl/N-ethyl adjacent to an activating group) is 1. The molecule has 6 heteroatoms. The molecule has 0 saturated heterocycles. The first kappa shape index (κ1) is 13.3. The number of nitrogens with two attached hydrogens (primary N) is 1. The molecule has 0 aliphatic heterocycles. The van der Waals surface area contributed by atoms with Crippen LogP contribution in [0.4, 0.5) is 5.69 Å². The average molecular weight is 256 g/mol. The Bertz CT molecular complexity index is 448. The van der Waals surface area contributed by atoms with Gasteiger partial charge in [-0.15, -0.1) is 0 Å². The number of amides is 2. The highest BCUT2D eigenvalue weighted by Crippen LogP contribution is 2.19. The smallest absolute Gasteiger partial charge is 0.251 e. The predicted octanol–water partition coefficient (Wildman–Crippen LogP) is 0.786. The summed E-state index contributed by atoms with van der Waals surface area (Å²) >= 11 is 5.74. The number of halogens is 1. The highest BCUT2D eigenvalue weighted by Gasteiger charge is 2.15. The molecular formula is C11H14ClN3O2. The number of nitrogen functional groups attached to an aromatic ring is 1. The number of anilines is 1. The summed E-state index contributed by atoms with van der Waals surface area (Å²) in [5, 5.41) is 5.38. The summed E-state index contributed by atoms with van der Waals surface area (Å²) < 4.78 is 0. The Balaban J connectivity index is 2.76. The van der Waals surface area contributed by atoms with E-state index in [2.05, 4.69) is 10.6 Å². The molecule has 1 aromatic rings. The van der Waals surface area contributed by atoms with E-state index in [4.69, 9.17) is 17.3 Å². The maximum Gasteiger partial charge on any atom is 0.251 e. The van der Waals surface area contributed by atoms with Crippen molar-refractivity contribution in [2.24, 2.45) is 0 Å². The normalized spacial score (nSPS) is 11.7. The zero-order valence-corrected chi connectivity index (χ0v) is 10.3. The number of benzene rings is 1. The first-order valence-electron chi connectivity index (χ1n) is 5.03. The Hall–Kier alpha value is -1.75. The van der Waals surface area contributed by atoms with Crippen molar-refractivity contribution in [3.8, 4) is 0 Å². The second kappa shape index (κ2) is 5.54. The lowest BCUT2D eigenvalue weighted by Crippen LogP contribution is -2.43. The zero-order valence-electron chi connectivity index (χ0n) is 9.58. The molecule has 2 amide bonds. The van der Waals surface area contributed by atoms with E-state index in [-0.39, 0.29) is 11.8 Å². The maximum absolute atomic E-state index is 11.7. The van der Waals surface area contributed by atoms with E-state index in [9.17, 15) is 9.59 Å². The van der Waals surface area contributed by atoms with Crippen LogP contribution in [0.25, 0.3) is 0 Å². The van der Waals surface area contributed by atoms with Crippen LogP contribution in [0.5, 0.6) is 0 Å². The van der Waals surface area contributed by atoms with Gasteiger partial charge in [-0.05, 0) is 25.1 Å². The summed E-state index contributed by atoms with van der Waals surface area (Å²) in [5.41, 5.74) is 6.27. The number of carbonyl (C=O) groups excluding carboxylic acids is 2. The third-order valence-corrected chi connectivity index (χ3v) is 2.59. The van der Waals surface area contributed by atoms with Crippen LogP contribution in [-0.4, -0.2) is 24.9 Å². The Morgan fingerprint density at radius 1 is 1.41 bits per heavy atom. The highest BCUT2D eigenvalue weighted by molar-refractivity contribution is 6.33. The Morgan fingerprint density at radius 3 is 2.59 bits per heavy atom. The van der Waals surface area contributed by atoms with Gasteiger partial charge in [-0.3, -0.25) is 9.59 Å². The fraction of sp³-hybridized carbons (Fsp3) is 0.273. The van der Waals surface area contributed by atoms with Crippen molar-refractivity contribution in [3.05, 3.63) is 28.8 Å². The molecule has 0 aliphatic carbocycles. The standard InChI is InChI=1S/C11H14ClN3O2/c1-6(10(16)14-2)15-11(17)7-3-4-8(12)9(13)5-7/h3-6H,13H2,1-2H3,(H,14,16)(H,15,17). The molecule has 0 radical (unpaired) electrons. The second-order valence-corrected chi connectivity index (χ2v) is 3.95. The highest BCUT2D eigenvalue weighted by atomic mass is 35.5. The number of hydrogen-bond donors (Lipinski definition) is 3. The average Bonchev–Trinajstić information content (AvgIpc) is 2.31. The van der Waals surface area contributed by atoms with E-state index >= 15 is 0 Å². The Kier molecular flexibility index (Phi) is 4.34. The minimum absolute atomic E-state index is 0.264. The van der Waals surface area contributed by atoms with Crippen LogP contribution >= 0.6 is 11.6 Å². The maximum atomic E-state index is 11.7. The van der Waals surface area contributed by atoms with Gasteiger partial charge in [-0.1, -0.05) is 11.6 Å². The van der Waals surface area contributed by atoms with Gasteiger partial charge in [0, 0.05) is 12.6 Å². The fourth-order valence-electron chi connectivity index (χ4n) is 1.25. The Labute approximate surface area is 104 Å². The lowest BCUT2D eigenvalue weighted by Gasteiger charge is -2.12. The van der Waals surface area contributed by atoms with E-state index in [0.717, 1.165) is 0 Å². The number of carbonyl (C=O) groups is 2. The predicted molar refractivity (Wildman–Crippen MR) is 66.9 cm³/mol. The number of hydrogen-bond acceptors (Lipinski definition) is 3. The molecule has 1 rings (SSSR count). The number of nitrogens with one attached hydrogen (secondary N) is 2. The molecule has 92 valence electrons. The van der Waals surface area contributed by atoms with Crippen LogP contribution in [0.3, 0.4) is 0 Å². The molecule has 1 aromatic carbocycles. The third kappa shape index (κ3) is 3.35. The summed E-state index contributed by atoms with van der Waals surface area (Å²) in [6.07, 6.45) is 0. The van der Waals surface area contributed by atoms with Gasteiger partial charge in [0.15, 0.2) is 0 Å². The van der Waals surface area contributed by atoms with E-state index in [1.165, 1.54) is 19.2 Å². The topological polar surface area (TPSA) is 84.2 Å². The minimum Gasteiger partial charge on any atom is -0.398 e. The summed E-state index contributed by atoms with van der Waals surface area (Å²) in [7, 11) is 1.51. The summed E-state index contributed by atoms with van der Waals surface area (Å²) in [5.74, 6) is -0.634. The van der Waals surface area contributed by atoms with Crippen molar-refractivity contribution in [3.63, 3.8) is 0 Å². The molecule has 1 atom stereocenters. The quantitative estimate of drug-likeness (QED) is 0.698. The van der Waals surface area contributed by atoms with Crippen LogP contribution < -0.4 is 16.4 Å². The van der Waals surface area contributed by atoms with Crippen LogP contribution in [0, 0.1) is 0 Å². The van der Waals surface area contributed by atoms with Crippen LogP contribution in [0.1, 0.15) is 17.3 Å². The van der Waals surface area contributed by atoms with E-state index in [1.807, 2.05) is 0 Å². The van der Waals surface area contributed by atoms with Crippen molar-refractivity contribution < 1.29 is 9.59 Å². The van der Waals surface area contributed by atoms with Gasteiger partial charge >= 0.3 is 0 Å². The molecule has 0 aromatic heterocycles. The molecule has 1 unspecified atom stereocenters. The lowest BCUT2D eigenvalue weighted by atomic mass is 10.1. The third-order valence-electron chi connectivity index (χ3n) is 2.25. The fourth-order valence-corrected chi connectivity index (χ4v) is 1.36. The van der Waals surface area contributed by atoms with Crippen molar-refractivity contribution in [2.75, 3.05) is 12.8 Å². The zero-order chi connectivity index (χ0) is 13.0. The first-order chi connectivity index (χ1) is 7.95. The number of rotatable bonds is 3. The van der Waals surface area contributed by atoms with E-state index in [1.54, 1.807) is 13.0 Å². The van der Waals surface area contributed by atoms with Crippen LogP contribution in [-0.2, 0) is 4.79 Å². The van der Waals surface area contributed by atoms with Gasteiger partial charge in [-0.2, -0.15) is 0 Å². The van der Waals surface area contributed by atoms with Gasteiger partial charge in [0.25, 0.3) is 5.91 Å². The molecule has 0 heterocycles. The van der Waals surface area contributed by atoms with Gasteiger partial charge in [0.2, 0.25) is 5.91 Å². The molecular weight excluding hydrogens is 242 g/mol. The van der Waals surface area contributed by atoms with Gasteiger partial charge < -0.3 is 16.4 Å². The van der Waals surface area contributed by atoms with Crippen molar-refractivity contribution >= 4 is 29.1 Å². The van der Waals surface area contributed by atoms with Crippen molar-refractivity contribution in [1.82, 2.24) is 10.6 Å². The summed E-state index contributed by atoms with van der Waals surface area (Å²) in [4.78, 5) is 23.0. The molecule has 5 nitrogen and oxygen atoms in total. The first-order valence-corrected chi connectivity index (χ1v) is 5.41. The molecule has 0 bridgehead atoms. The second-order valence-electron chi connectivity index (χ2n) is 3.55.